The summed E-state index contributed by atoms with van der Waals surface area (Å²) >= 11 is 0. The van der Waals surface area contributed by atoms with Crippen molar-refractivity contribution in [3.8, 4) is 17.3 Å². The lowest BCUT2D eigenvalue weighted by atomic mass is 10.2. The second-order valence-electron chi connectivity index (χ2n) is 4.67. The number of aromatic nitrogens is 4. The molecule has 5 heteroatoms. The van der Waals surface area contributed by atoms with Crippen LogP contribution in [-0.2, 0) is 7.05 Å². The van der Waals surface area contributed by atoms with Crippen LogP contribution in [0, 0.1) is 13.8 Å². The molecule has 0 spiro atoms. The molecule has 0 aliphatic heterocycles. The van der Waals surface area contributed by atoms with Crippen LogP contribution in [-0.4, -0.2) is 24.6 Å². The molecule has 0 aliphatic rings. The molecular weight excluding hydrogens is 240 g/mol. The molecule has 1 N–H and O–H groups in total. The average Bonchev–Trinajstić information content (AvgIpc) is 2.66. The van der Waals surface area contributed by atoms with Gasteiger partial charge in [0.1, 0.15) is 11.4 Å². The van der Waals surface area contributed by atoms with Gasteiger partial charge in [0, 0.05) is 12.7 Å². The Morgan fingerprint density at radius 1 is 1.11 bits per heavy atom. The zero-order valence-electron chi connectivity index (χ0n) is 11.0. The second-order valence-corrected chi connectivity index (χ2v) is 4.67. The summed E-state index contributed by atoms with van der Waals surface area (Å²) in [5.41, 5.74) is 4.47. The van der Waals surface area contributed by atoms with Crippen LogP contribution < -0.4 is 0 Å². The molecule has 96 valence electrons. The molecule has 3 aromatic rings. The molecule has 5 nitrogen and oxygen atoms in total. The number of hydrogen-bond acceptors (Lipinski definition) is 4. The van der Waals surface area contributed by atoms with E-state index < -0.39 is 0 Å². The molecule has 3 heterocycles. The third-order valence-electron chi connectivity index (χ3n) is 3.18. The molecule has 0 fully saturated rings. The molecule has 0 saturated carbocycles. The van der Waals surface area contributed by atoms with Crippen LogP contribution in [0.1, 0.15) is 11.3 Å². The lowest BCUT2D eigenvalue weighted by molar-refractivity contribution is 0.472. The highest BCUT2D eigenvalue weighted by Crippen LogP contribution is 2.26. The number of pyridine rings is 2. The molecule has 0 bridgehead atoms. The summed E-state index contributed by atoms with van der Waals surface area (Å²) in [5.74, 6) is 0.942. The Hall–Kier alpha value is -2.43. The van der Waals surface area contributed by atoms with Gasteiger partial charge in [-0.05, 0) is 31.5 Å². The molecule has 3 rings (SSSR count). The highest BCUT2D eigenvalue weighted by molar-refractivity contribution is 5.80. The smallest absolute Gasteiger partial charge is 0.159 e. The normalized spacial score (nSPS) is 11.1. The van der Waals surface area contributed by atoms with E-state index in [1.165, 1.54) is 6.20 Å². The average molecular weight is 254 g/mol. The van der Waals surface area contributed by atoms with Crippen LogP contribution in [0.4, 0.5) is 0 Å². The maximum absolute atomic E-state index is 9.43. The predicted octanol–water partition coefficient (Wildman–Crippen LogP) is 2.35. The van der Waals surface area contributed by atoms with Gasteiger partial charge in [-0.3, -0.25) is 4.98 Å². The monoisotopic (exact) mass is 254 g/mol. The summed E-state index contributed by atoms with van der Waals surface area (Å²) in [6.07, 6.45) is 3.25. The fraction of sp³-hybridized carbons (Fsp3) is 0.214. The molecule has 0 aliphatic carbocycles. The van der Waals surface area contributed by atoms with Gasteiger partial charge in [-0.25, -0.2) is 9.97 Å². The molecule has 19 heavy (non-hydrogen) atoms. The number of imidazole rings is 1. The van der Waals surface area contributed by atoms with Crippen molar-refractivity contribution in [1.82, 2.24) is 19.5 Å². The molecule has 3 aromatic heterocycles. The first-order chi connectivity index (χ1) is 9.06. The molecule has 0 saturated heterocycles. The van der Waals surface area contributed by atoms with E-state index in [1.807, 2.05) is 37.7 Å². The summed E-state index contributed by atoms with van der Waals surface area (Å²) in [7, 11) is 1.94. The Morgan fingerprint density at radius 2 is 1.89 bits per heavy atom. The zero-order chi connectivity index (χ0) is 13.6. The van der Waals surface area contributed by atoms with Crippen LogP contribution >= 0.6 is 0 Å². The molecule has 0 unspecified atom stereocenters. The minimum absolute atomic E-state index is 0.164. The summed E-state index contributed by atoms with van der Waals surface area (Å²) in [6, 6.07) is 3.64. The van der Waals surface area contributed by atoms with E-state index in [0.29, 0.717) is 0 Å². The maximum Gasteiger partial charge on any atom is 0.159 e. The number of hydrogen-bond donors (Lipinski definition) is 1. The fourth-order valence-corrected chi connectivity index (χ4v) is 2.20. The van der Waals surface area contributed by atoms with E-state index in [0.717, 1.165) is 33.8 Å². The van der Waals surface area contributed by atoms with Crippen molar-refractivity contribution in [3.05, 3.63) is 35.8 Å². The van der Waals surface area contributed by atoms with Gasteiger partial charge in [-0.2, -0.15) is 0 Å². The van der Waals surface area contributed by atoms with Crippen LogP contribution in [0.2, 0.25) is 0 Å². The van der Waals surface area contributed by atoms with Crippen LogP contribution in [0.15, 0.2) is 24.5 Å². The van der Waals surface area contributed by atoms with Crippen molar-refractivity contribution < 1.29 is 5.11 Å². The Kier molecular flexibility index (Phi) is 2.48. The van der Waals surface area contributed by atoms with E-state index in [2.05, 4.69) is 15.0 Å². The molecular formula is C14H14N4O. The van der Waals surface area contributed by atoms with Gasteiger partial charge in [-0.1, -0.05) is 0 Å². The number of aryl methyl sites for hydroxylation is 3. The summed E-state index contributed by atoms with van der Waals surface area (Å²) in [4.78, 5) is 13.2. The van der Waals surface area contributed by atoms with E-state index in [-0.39, 0.29) is 5.75 Å². The van der Waals surface area contributed by atoms with E-state index in [4.69, 9.17) is 0 Å². The van der Waals surface area contributed by atoms with E-state index in [1.54, 1.807) is 6.07 Å². The van der Waals surface area contributed by atoms with Crippen molar-refractivity contribution in [1.29, 1.82) is 0 Å². The van der Waals surface area contributed by atoms with Crippen molar-refractivity contribution in [3.63, 3.8) is 0 Å². The van der Waals surface area contributed by atoms with Gasteiger partial charge < -0.3 is 9.67 Å². The van der Waals surface area contributed by atoms with Crippen molar-refractivity contribution in [2.24, 2.45) is 7.05 Å². The molecule has 0 atom stereocenters. The van der Waals surface area contributed by atoms with Gasteiger partial charge in [0.2, 0.25) is 0 Å². The molecule has 0 amide bonds. The SMILES string of the molecule is Cc1cc2nc(-c3ncc(O)cc3C)n(C)c2cn1. The topological polar surface area (TPSA) is 63.8 Å². The standard InChI is InChI=1S/C14H14N4O/c1-8-4-10(19)6-16-13(8)14-17-11-5-9(2)15-7-12(11)18(14)3/h4-7,19H,1-3H3. The van der Waals surface area contributed by atoms with Crippen molar-refractivity contribution in [2.45, 2.75) is 13.8 Å². The summed E-state index contributed by atoms with van der Waals surface area (Å²) < 4.78 is 1.97. The minimum Gasteiger partial charge on any atom is -0.506 e. The number of nitrogens with zero attached hydrogens (tertiary/aromatic N) is 4. The minimum atomic E-state index is 0.164. The van der Waals surface area contributed by atoms with Gasteiger partial charge >= 0.3 is 0 Å². The molecule has 0 aromatic carbocycles. The quantitative estimate of drug-likeness (QED) is 0.724. The Labute approximate surface area is 110 Å². The highest BCUT2D eigenvalue weighted by atomic mass is 16.3. The van der Waals surface area contributed by atoms with E-state index in [9.17, 15) is 5.11 Å². The first-order valence-electron chi connectivity index (χ1n) is 6.01. The number of aromatic hydroxyl groups is 1. The summed E-state index contributed by atoms with van der Waals surface area (Å²) in [6.45, 7) is 3.85. The van der Waals surface area contributed by atoms with Crippen LogP contribution in [0.3, 0.4) is 0 Å². The lowest BCUT2D eigenvalue weighted by Gasteiger charge is -2.05. The van der Waals surface area contributed by atoms with Gasteiger partial charge in [0.05, 0.1) is 23.4 Å². The number of fused-ring (bicyclic) bond motifs is 1. The Balaban J connectivity index is 2.27. The Bertz CT molecular complexity index is 776. The van der Waals surface area contributed by atoms with Crippen LogP contribution in [0.25, 0.3) is 22.6 Å². The second kappa shape index (κ2) is 4.05. The zero-order valence-corrected chi connectivity index (χ0v) is 11.0. The van der Waals surface area contributed by atoms with E-state index >= 15 is 0 Å². The number of rotatable bonds is 1. The van der Waals surface area contributed by atoms with Gasteiger partial charge in [0.15, 0.2) is 5.82 Å². The van der Waals surface area contributed by atoms with Gasteiger partial charge in [0.25, 0.3) is 0 Å². The van der Waals surface area contributed by atoms with Crippen molar-refractivity contribution >= 4 is 11.0 Å². The van der Waals surface area contributed by atoms with Gasteiger partial charge in [-0.15, -0.1) is 0 Å². The predicted molar refractivity (Wildman–Crippen MR) is 72.9 cm³/mol. The molecule has 0 radical (unpaired) electrons. The highest BCUT2D eigenvalue weighted by Gasteiger charge is 2.13. The summed E-state index contributed by atoms with van der Waals surface area (Å²) in [5, 5.41) is 9.43. The largest absolute Gasteiger partial charge is 0.506 e. The first-order valence-corrected chi connectivity index (χ1v) is 6.01. The van der Waals surface area contributed by atoms with Crippen molar-refractivity contribution in [2.75, 3.05) is 0 Å². The first kappa shape index (κ1) is 11.6. The van der Waals surface area contributed by atoms with Crippen LogP contribution in [0.5, 0.6) is 5.75 Å². The lowest BCUT2D eigenvalue weighted by Crippen LogP contribution is -1.97. The third kappa shape index (κ3) is 1.83. The Morgan fingerprint density at radius 3 is 2.63 bits per heavy atom. The third-order valence-corrected chi connectivity index (χ3v) is 3.18. The maximum atomic E-state index is 9.43. The fourth-order valence-electron chi connectivity index (χ4n) is 2.20.